The number of benzene rings is 1. The highest BCUT2D eigenvalue weighted by Gasteiger charge is 2.14. The second-order valence-electron chi connectivity index (χ2n) is 6.62. The number of rotatable bonds is 5. The van der Waals surface area contributed by atoms with E-state index in [4.69, 9.17) is 0 Å². The molecule has 5 heteroatoms. The minimum absolute atomic E-state index is 0.0628. The zero-order chi connectivity index (χ0) is 18.7. The van der Waals surface area contributed by atoms with E-state index < -0.39 is 0 Å². The first-order chi connectivity index (χ1) is 12.5. The highest BCUT2D eigenvalue weighted by atomic mass is 16.2. The molecule has 132 valence electrons. The van der Waals surface area contributed by atoms with Crippen LogP contribution in [0.15, 0.2) is 48.8 Å². The zero-order valence-corrected chi connectivity index (χ0v) is 15.3. The van der Waals surface area contributed by atoms with Gasteiger partial charge < -0.3 is 9.72 Å². The van der Waals surface area contributed by atoms with Crippen molar-refractivity contribution in [3.8, 4) is 6.07 Å². The molecule has 0 fully saturated rings. The maximum Gasteiger partial charge on any atom is 0.238 e. The van der Waals surface area contributed by atoms with Gasteiger partial charge in [-0.1, -0.05) is 24.3 Å². The largest absolute Gasteiger partial charge is 0.324 e. The van der Waals surface area contributed by atoms with Crippen LogP contribution in [-0.2, 0) is 11.3 Å². The Kier molecular flexibility index (Phi) is 5.06. The van der Waals surface area contributed by atoms with Crippen molar-refractivity contribution in [2.75, 3.05) is 18.9 Å². The Morgan fingerprint density at radius 1 is 1.19 bits per heavy atom. The third-order valence-electron chi connectivity index (χ3n) is 4.47. The van der Waals surface area contributed by atoms with Gasteiger partial charge in [-0.25, -0.2) is 0 Å². The second kappa shape index (κ2) is 7.42. The van der Waals surface area contributed by atoms with Crippen molar-refractivity contribution in [3.63, 3.8) is 0 Å². The quantitative estimate of drug-likeness (QED) is 0.769. The molecule has 0 bridgehead atoms. The Bertz CT molecular complexity index is 977. The number of hydrogen-bond acceptors (Lipinski definition) is 3. The van der Waals surface area contributed by atoms with Gasteiger partial charge in [0.1, 0.15) is 6.07 Å². The molecule has 0 aliphatic heterocycles. The number of nitrogens with one attached hydrogen (secondary N) is 1. The molecule has 0 saturated carbocycles. The molecular weight excluding hydrogens is 324 g/mol. The SMILES string of the molecule is Cc1cccc(C)c1NC(=O)CN(C)Cc1cn2ccccc2c1C#N. The molecule has 3 rings (SSSR count). The van der Waals surface area contributed by atoms with Crippen LogP contribution in [0.25, 0.3) is 5.52 Å². The highest BCUT2D eigenvalue weighted by Crippen LogP contribution is 2.20. The van der Waals surface area contributed by atoms with E-state index in [9.17, 15) is 10.1 Å². The van der Waals surface area contributed by atoms with Gasteiger partial charge in [-0.15, -0.1) is 0 Å². The first-order valence-corrected chi connectivity index (χ1v) is 8.53. The van der Waals surface area contributed by atoms with E-state index in [-0.39, 0.29) is 12.5 Å². The zero-order valence-electron chi connectivity index (χ0n) is 15.3. The molecule has 0 aliphatic carbocycles. The maximum absolute atomic E-state index is 12.4. The topological polar surface area (TPSA) is 60.5 Å². The molecule has 1 amide bonds. The summed E-state index contributed by atoms with van der Waals surface area (Å²) < 4.78 is 1.94. The van der Waals surface area contributed by atoms with Crippen molar-refractivity contribution in [2.45, 2.75) is 20.4 Å². The van der Waals surface area contributed by atoms with E-state index in [1.165, 1.54) is 0 Å². The summed E-state index contributed by atoms with van der Waals surface area (Å²) in [5.41, 5.74) is 5.43. The van der Waals surface area contributed by atoms with Gasteiger partial charge in [-0.05, 0) is 44.2 Å². The predicted molar refractivity (Wildman–Crippen MR) is 103 cm³/mol. The molecular formula is C21H22N4O. The Morgan fingerprint density at radius 2 is 1.92 bits per heavy atom. The number of para-hydroxylation sites is 1. The van der Waals surface area contributed by atoms with Crippen molar-refractivity contribution >= 4 is 17.1 Å². The number of amides is 1. The number of nitrogens with zero attached hydrogens (tertiary/aromatic N) is 3. The van der Waals surface area contributed by atoms with Gasteiger partial charge in [0.05, 0.1) is 17.6 Å². The van der Waals surface area contributed by atoms with E-state index >= 15 is 0 Å². The number of nitriles is 1. The Hall–Kier alpha value is -3.10. The molecule has 2 aromatic heterocycles. The lowest BCUT2D eigenvalue weighted by Crippen LogP contribution is -2.30. The average Bonchev–Trinajstić information content (AvgIpc) is 2.95. The third kappa shape index (κ3) is 3.61. The summed E-state index contributed by atoms with van der Waals surface area (Å²) in [4.78, 5) is 14.3. The number of aromatic nitrogens is 1. The monoisotopic (exact) mass is 346 g/mol. The van der Waals surface area contributed by atoms with Crippen LogP contribution in [0.4, 0.5) is 5.69 Å². The summed E-state index contributed by atoms with van der Waals surface area (Å²) in [6.07, 6.45) is 3.88. The second-order valence-corrected chi connectivity index (χ2v) is 6.62. The van der Waals surface area contributed by atoms with E-state index in [1.807, 2.05) is 79.0 Å². The third-order valence-corrected chi connectivity index (χ3v) is 4.47. The molecule has 0 unspecified atom stereocenters. The van der Waals surface area contributed by atoms with Crippen molar-refractivity contribution in [1.29, 1.82) is 5.26 Å². The number of carbonyl (C=O) groups excluding carboxylic acids is 1. The van der Waals surface area contributed by atoms with E-state index in [0.717, 1.165) is 27.9 Å². The molecule has 1 aromatic carbocycles. The number of aryl methyl sites for hydroxylation is 2. The van der Waals surface area contributed by atoms with Crippen molar-refractivity contribution in [1.82, 2.24) is 9.30 Å². The van der Waals surface area contributed by atoms with Crippen LogP contribution in [-0.4, -0.2) is 28.8 Å². The van der Waals surface area contributed by atoms with Crippen LogP contribution in [0.5, 0.6) is 0 Å². The minimum atomic E-state index is -0.0628. The first-order valence-electron chi connectivity index (χ1n) is 8.53. The van der Waals surface area contributed by atoms with Gasteiger partial charge in [0, 0.05) is 30.2 Å². The molecule has 1 N–H and O–H groups in total. The molecule has 5 nitrogen and oxygen atoms in total. The van der Waals surface area contributed by atoms with Gasteiger partial charge >= 0.3 is 0 Å². The number of hydrogen-bond donors (Lipinski definition) is 1. The summed E-state index contributed by atoms with van der Waals surface area (Å²) in [6.45, 7) is 4.76. The van der Waals surface area contributed by atoms with Crippen LogP contribution >= 0.6 is 0 Å². The summed E-state index contributed by atoms with van der Waals surface area (Å²) in [6, 6.07) is 14.0. The number of likely N-dealkylation sites (N-methyl/N-ethyl adjacent to an activating group) is 1. The lowest BCUT2D eigenvalue weighted by Gasteiger charge is -2.17. The van der Waals surface area contributed by atoms with Gasteiger partial charge in [0.2, 0.25) is 5.91 Å². The van der Waals surface area contributed by atoms with E-state index in [2.05, 4.69) is 11.4 Å². The van der Waals surface area contributed by atoms with Crippen molar-refractivity contribution < 1.29 is 4.79 Å². The van der Waals surface area contributed by atoms with Crippen LogP contribution < -0.4 is 5.32 Å². The highest BCUT2D eigenvalue weighted by molar-refractivity contribution is 5.93. The molecule has 26 heavy (non-hydrogen) atoms. The standard InChI is InChI=1S/C21H22N4O/c1-15-7-6-8-16(2)21(15)23-20(26)14-24(3)12-17-13-25-10-5-4-9-19(25)18(17)11-22/h4-10,13H,12,14H2,1-3H3,(H,23,26). The van der Waals surface area contributed by atoms with E-state index in [0.29, 0.717) is 12.1 Å². The lowest BCUT2D eigenvalue weighted by molar-refractivity contribution is -0.117. The average molecular weight is 346 g/mol. The van der Waals surface area contributed by atoms with Crippen molar-refractivity contribution in [2.24, 2.45) is 0 Å². The van der Waals surface area contributed by atoms with Crippen LogP contribution in [0, 0.1) is 25.2 Å². The number of pyridine rings is 1. The van der Waals surface area contributed by atoms with Crippen LogP contribution in [0.2, 0.25) is 0 Å². The molecule has 3 aromatic rings. The molecule has 0 saturated heterocycles. The fourth-order valence-corrected chi connectivity index (χ4v) is 3.21. The fourth-order valence-electron chi connectivity index (χ4n) is 3.21. The van der Waals surface area contributed by atoms with Gasteiger partial charge in [0.25, 0.3) is 0 Å². The smallest absolute Gasteiger partial charge is 0.238 e. The van der Waals surface area contributed by atoms with E-state index in [1.54, 1.807) is 0 Å². The molecule has 0 atom stereocenters. The molecule has 2 heterocycles. The lowest BCUT2D eigenvalue weighted by atomic mass is 10.1. The Morgan fingerprint density at radius 3 is 2.62 bits per heavy atom. The Balaban J connectivity index is 1.70. The predicted octanol–water partition coefficient (Wildman–Crippen LogP) is 3.50. The van der Waals surface area contributed by atoms with Crippen molar-refractivity contribution in [3.05, 3.63) is 71.0 Å². The van der Waals surface area contributed by atoms with Gasteiger partial charge in [0.15, 0.2) is 0 Å². The summed E-state index contributed by atoms with van der Waals surface area (Å²) in [7, 11) is 1.88. The van der Waals surface area contributed by atoms with Crippen LogP contribution in [0.1, 0.15) is 22.3 Å². The number of fused-ring (bicyclic) bond motifs is 1. The minimum Gasteiger partial charge on any atom is -0.324 e. The van der Waals surface area contributed by atoms with Gasteiger partial charge in [-0.3, -0.25) is 9.69 Å². The Labute approximate surface area is 153 Å². The number of carbonyl (C=O) groups is 1. The molecule has 0 radical (unpaired) electrons. The summed E-state index contributed by atoms with van der Waals surface area (Å²) >= 11 is 0. The van der Waals surface area contributed by atoms with Crippen LogP contribution in [0.3, 0.4) is 0 Å². The van der Waals surface area contributed by atoms with Gasteiger partial charge in [-0.2, -0.15) is 5.26 Å². The fraction of sp³-hybridized carbons (Fsp3) is 0.238. The molecule has 0 aliphatic rings. The first kappa shape index (κ1) is 17.7. The molecule has 0 spiro atoms. The maximum atomic E-state index is 12.4. The summed E-state index contributed by atoms with van der Waals surface area (Å²) in [5.74, 6) is -0.0628. The normalized spacial score (nSPS) is 10.9. The number of anilines is 1. The summed E-state index contributed by atoms with van der Waals surface area (Å²) in [5, 5.41) is 12.5.